The van der Waals surface area contributed by atoms with Crippen LogP contribution < -0.4 is 10.9 Å². The Labute approximate surface area is 158 Å². The molecule has 1 aliphatic rings. The molecule has 0 atom stereocenters. The summed E-state index contributed by atoms with van der Waals surface area (Å²) in [6, 6.07) is 19.9. The van der Waals surface area contributed by atoms with Crippen molar-refractivity contribution in [3.63, 3.8) is 0 Å². The standard InChI is InChI=1S/C23H13NO4/c25-20(12-17-15-7-3-4-8-19(15)24-22(17)26)18-11-16-14-6-2-1-5-13(14)9-10-21(16)28-23(18)27/h1-12H,(H,24,26)/b17-12-. The Hall–Kier alpha value is -3.99. The molecule has 1 N–H and O–H groups in total. The summed E-state index contributed by atoms with van der Waals surface area (Å²) in [6.07, 6.45) is 1.20. The summed E-state index contributed by atoms with van der Waals surface area (Å²) >= 11 is 0. The van der Waals surface area contributed by atoms with Gasteiger partial charge >= 0.3 is 5.63 Å². The second kappa shape index (κ2) is 6.03. The van der Waals surface area contributed by atoms with Crippen LogP contribution in [0.15, 0.2) is 82.0 Å². The fourth-order valence-electron chi connectivity index (χ4n) is 3.53. The van der Waals surface area contributed by atoms with Crippen molar-refractivity contribution in [2.75, 3.05) is 5.32 Å². The first-order valence-corrected chi connectivity index (χ1v) is 8.74. The molecule has 0 aliphatic carbocycles. The predicted octanol–water partition coefficient (Wildman–Crippen LogP) is 4.16. The molecule has 1 aliphatic heterocycles. The van der Waals surface area contributed by atoms with E-state index < -0.39 is 11.4 Å². The molecule has 0 fully saturated rings. The van der Waals surface area contributed by atoms with Crippen LogP contribution in [0.4, 0.5) is 5.69 Å². The van der Waals surface area contributed by atoms with Crippen LogP contribution in [-0.2, 0) is 4.79 Å². The van der Waals surface area contributed by atoms with Gasteiger partial charge in [0.25, 0.3) is 5.91 Å². The Morgan fingerprint density at radius 3 is 2.57 bits per heavy atom. The van der Waals surface area contributed by atoms with Gasteiger partial charge in [-0.05, 0) is 35.0 Å². The molecule has 0 saturated carbocycles. The molecule has 1 amide bonds. The van der Waals surface area contributed by atoms with Gasteiger partial charge in [-0.15, -0.1) is 0 Å². The fraction of sp³-hybridized carbons (Fsp3) is 0. The maximum absolute atomic E-state index is 12.8. The van der Waals surface area contributed by atoms with E-state index in [4.69, 9.17) is 4.42 Å². The normalized spacial score (nSPS) is 14.4. The summed E-state index contributed by atoms with van der Waals surface area (Å²) in [5.74, 6) is -0.935. The first-order valence-electron chi connectivity index (χ1n) is 8.74. The third-order valence-corrected chi connectivity index (χ3v) is 4.89. The fourth-order valence-corrected chi connectivity index (χ4v) is 3.53. The summed E-state index contributed by atoms with van der Waals surface area (Å²) in [4.78, 5) is 37.5. The molecule has 4 aromatic rings. The molecule has 2 heterocycles. The van der Waals surface area contributed by atoms with Crippen LogP contribution in [-0.4, -0.2) is 11.7 Å². The number of rotatable bonds is 2. The summed E-state index contributed by atoms with van der Waals surface area (Å²) in [5.41, 5.74) is 1.10. The lowest BCUT2D eigenvalue weighted by Crippen LogP contribution is -2.13. The van der Waals surface area contributed by atoms with Gasteiger partial charge in [-0.25, -0.2) is 4.79 Å². The van der Waals surface area contributed by atoms with Crippen molar-refractivity contribution < 1.29 is 14.0 Å². The van der Waals surface area contributed by atoms with Gasteiger partial charge in [0.1, 0.15) is 11.1 Å². The molecule has 5 heteroatoms. The molecular formula is C23H13NO4. The molecule has 0 spiro atoms. The number of benzene rings is 3. The summed E-state index contributed by atoms with van der Waals surface area (Å²) < 4.78 is 5.38. The highest BCUT2D eigenvalue weighted by Gasteiger charge is 2.25. The maximum atomic E-state index is 12.8. The van der Waals surface area contributed by atoms with Crippen LogP contribution >= 0.6 is 0 Å². The summed E-state index contributed by atoms with van der Waals surface area (Å²) in [5, 5.41) is 5.25. The van der Waals surface area contributed by atoms with Gasteiger partial charge < -0.3 is 9.73 Å². The average Bonchev–Trinajstić information content (AvgIpc) is 3.02. The number of anilines is 1. The highest BCUT2D eigenvalue weighted by Crippen LogP contribution is 2.31. The Morgan fingerprint density at radius 2 is 1.68 bits per heavy atom. The van der Waals surface area contributed by atoms with Gasteiger partial charge in [-0.3, -0.25) is 9.59 Å². The van der Waals surface area contributed by atoms with Gasteiger partial charge in [0.2, 0.25) is 0 Å². The third-order valence-electron chi connectivity index (χ3n) is 4.89. The zero-order chi connectivity index (χ0) is 19.3. The number of allylic oxidation sites excluding steroid dienone is 1. The van der Waals surface area contributed by atoms with Crippen LogP contribution in [0.3, 0.4) is 0 Å². The minimum atomic E-state index is -0.726. The van der Waals surface area contributed by atoms with E-state index >= 15 is 0 Å². The van der Waals surface area contributed by atoms with E-state index in [9.17, 15) is 14.4 Å². The van der Waals surface area contributed by atoms with Crippen LogP contribution in [0.5, 0.6) is 0 Å². The highest BCUT2D eigenvalue weighted by molar-refractivity contribution is 6.35. The SMILES string of the molecule is O=C1Nc2ccccc2/C1=C/C(=O)c1cc2c(ccc3ccccc32)oc1=O. The first-order chi connectivity index (χ1) is 13.6. The number of nitrogens with one attached hydrogen (secondary N) is 1. The Morgan fingerprint density at radius 1 is 0.893 bits per heavy atom. The number of hydrogen-bond acceptors (Lipinski definition) is 4. The minimum absolute atomic E-state index is 0.103. The van der Waals surface area contributed by atoms with Crippen molar-refractivity contribution >= 4 is 44.7 Å². The number of ketones is 1. The quantitative estimate of drug-likeness (QED) is 0.250. The number of hydrogen-bond donors (Lipinski definition) is 1. The van der Waals surface area contributed by atoms with E-state index in [0.717, 1.165) is 10.8 Å². The maximum Gasteiger partial charge on any atom is 0.347 e. The third kappa shape index (κ3) is 2.45. The summed E-state index contributed by atoms with van der Waals surface area (Å²) in [7, 11) is 0. The van der Waals surface area contributed by atoms with E-state index in [-0.39, 0.29) is 17.0 Å². The molecule has 5 rings (SSSR count). The molecular weight excluding hydrogens is 354 g/mol. The van der Waals surface area contributed by atoms with E-state index in [1.165, 1.54) is 6.08 Å². The minimum Gasteiger partial charge on any atom is -0.422 e. The molecule has 28 heavy (non-hydrogen) atoms. The molecule has 134 valence electrons. The summed E-state index contributed by atoms with van der Waals surface area (Å²) in [6.45, 7) is 0. The van der Waals surface area contributed by atoms with E-state index in [0.29, 0.717) is 22.2 Å². The molecule has 0 saturated heterocycles. The number of amides is 1. The van der Waals surface area contributed by atoms with Crippen LogP contribution in [0.1, 0.15) is 15.9 Å². The van der Waals surface area contributed by atoms with Gasteiger partial charge in [-0.2, -0.15) is 0 Å². The van der Waals surface area contributed by atoms with Crippen molar-refractivity contribution in [2.45, 2.75) is 0 Å². The lowest BCUT2D eigenvalue weighted by atomic mass is 10.0. The second-order valence-electron chi connectivity index (χ2n) is 6.57. The predicted molar refractivity (Wildman–Crippen MR) is 107 cm³/mol. The van der Waals surface area contributed by atoms with Gasteiger partial charge in [0.15, 0.2) is 5.78 Å². The van der Waals surface area contributed by atoms with E-state index in [1.807, 2.05) is 30.3 Å². The van der Waals surface area contributed by atoms with Gasteiger partial charge in [0, 0.05) is 16.6 Å². The molecule has 3 aromatic carbocycles. The average molecular weight is 367 g/mol. The van der Waals surface area contributed by atoms with Crippen molar-refractivity contribution in [2.24, 2.45) is 0 Å². The Bertz CT molecular complexity index is 1390. The monoisotopic (exact) mass is 367 g/mol. The smallest absolute Gasteiger partial charge is 0.347 e. The second-order valence-corrected chi connectivity index (χ2v) is 6.57. The number of carbonyl (C=O) groups excluding carboxylic acids is 2. The lowest BCUT2D eigenvalue weighted by Gasteiger charge is -2.04. The zero-order valence-corrected chi connectivity index (χ0v) is 14.6. The van der Waals surface area contributed by atoms with Crippen LogP contribution in [0, 0.1) is 0 Å². The van der Waals surface area contributed by atoms with E-state index in [1.54, 1.807) is 36.4 Å². The van der Waals surface area contributed by atoms with Crippen LogP contribution in [0.2, 0.25) is 0 Å². The molecule has 0 bridgehead atoms. The first kappa shape index (κ1) is 16.2. The highest BCUT2D eigenvalue weighted by atomic mass is 16.4. The van der Waals surface area contributed by atoms with E-state index in [2.05, 4.69) is 5.32 Å². The molecule has 5 nitrogen and oxygen atoms in total. The zero-order valence-electron chi connectivity index (χ0n) is 14.6. The van der Waals surface area contributed by atoms with Crippen molar-refractivity contribution in [3.05, 3.63) is 94.4 Å². The van der Waals surface area contributed by atoms with Crippen molar-refractivity contribution in [1.82, 2.24) is 0 Å². The molecule has 1 aromatic heterocycles. The van der Waals surface area contributed by atoms with Crippen LogP contribution in [0.25, 0.3) is 27.3 Å². The number of carbonyl (C=O) groups is 2. The molecule has 0 radical (unpaired) electrons. The number of para-hydroxylation sites is 1. The topological polar surface area (TPSA) is 76.4 Å². The Balaban J connectivity index is 1.68. The van der Waals surface area contributed by atoms with Crippen molar-refractivity contribution in [3.8, 4) is 0 Å². The largest absolute Gasteiger partial charge is 0.422 e. The molecule has 0 unspecified atom stereocenters. The van der Waals surface area contributed by atoms with Gasteiger partial charge in [-0.1, -0.05) is 48.5 Å². The van der Waals surface area contributed by atoms with Gasteiger partial charge in [0.05, 0.1) is 5.57 Å². The van der Waals surface area contributed by atoms with Crippen molar-refractivity contribution in [1.29, 1.82) is 0 Å². The number of fused-ring (bicyclic) bond motifs is 4. The Kier molecular flexibility index (Phi) is 3.49. The lowest BCUT2D eigenvalue weighted by molar-refractivity contribution is -0.110.